The predicted octanol–water partition coefficient (Wildman–Crippen LogP) is 2.66. The molecule has 0 aromatic heterocycles. The summed E-state index contributed by atoms with van der Waals surface area (Å²) in [6, 6.07) is 5.02. The Morgan fingerprint density at radius 1 is 1.43 bits per heavy atom. The molecule has 1 aromatic rings. The molecule has 0 spiro atoms. The van der Waals surface area contributed by atoms with Crippen LogP contribution < -0.4 is 5.32 Å². The molecule has 3 N–H and O–H groups in total. The lowest BCUT2D eigenvalue weighted by Gasteiger charge is -2.48. The number of phenols is 1. The van der Waals surface area contributed by atoms with E-state index in [1.165, 1.54) is 0 Å². The maximum Gasteiger partial charge on any atom is 0.404 e. The van der Waals surface area contributed by atoms with Gasteiger partial charge in [-0.2, -0.15) is 0 Å². The van der Waals surface area contributed by atoms with Gasteiger partial charge in [0.05, 0.1) is 12.1 Å². The van der Waals surface area contributed by atoms with Crippen molar-refractivity contribution in [2.24, 2.45) is 0 Å². The van der Waals surface area contributed by atoms with Gasteiger partial charge >= 0.3 is 6.09 Å². The number of phenolic OH excluding ortho intramolecular Hbond substituents is 1. The van der Waals surface area contributed by atoms with E-state index in [4.69, 9.17) is 4.74 Å². The van der Waals surface area contributed by atoms with Crippen molar-refractivity contribution in [2.45, 2.75) is 50.7 Å². The zero-order valence-electron chi connectivity index (χ0n) is 12.7. The molecular formula is C16H23NO4. The Hall–Kier alpha value is -1.75. The maximum absolute atomic E-state index is 11.2. The number of ether oxygens (including phenoxy) is 1. The summed E-state index contributed by atoms with van der Waals surface area (Å²) >= 11 is 0. The Morgan fingerprint density at radius 2 is 2.10 bits per heavy atom. The van der Waals surface area contributed by atoms with E-state index in [1.807, 2.05) is 19.9 Å². The first kappa shape index (κ1) is 15.6. The van der Waals surface area contributed by atoms with Crippen molar-refractivity contribution < 1.29 is 19.7 Å². The van der Waals surface area contributed by atoms with Crippen LogP contribution in [-0.4, -0.2) is 35.6 Å². The van der Waals surface area contributed by atoms with Crippen molar-refractivity contribution in [1.29, 1.82) is 0 Å². The minimum absolute atomic E-state index is 0.210. The average Bonchev–Trinajstić information content (AvgIpc) is 2.47. The second kappa shape index (κ2) is 5.93. The topological polar surface area (TPSA) is 78.8 Å². The summed E-state index contributed by atoms with van der Waals surface area (Å²) in [5.41, 5.74) is 1.78. The quantitative estimate of drug-likeness (QED) is 0.797. The molecule has 0 heterocycles. The Bertz CT molecular complexity index is 525. The Kier molecular flexibility index (Phi) is 4.42. The molecule has 0 radical (unpaired) electrons. The minimum Gasteiger partial charge on any atom is -0.508 e. The van der Waals surface area contributed by atoms with Crippen molar-refractivity contribution >= 4 is 6.09 Å². The first-order valence-corrected chi connectivity index (χ1v) is 7.33. The first-order chi connectivity index (χ1) is 9.98. The third-order valence-electron chi connectivity index (χ3n) is 4.86. The van der Waals surface area contributed by atoms with Crippen LogP contribution in [0.25, 0.3) is 0 Å². The second-order valence-electron chi connectivity index (χ2n) is 5.61. The van der Waals surface area contributed by atoms with E-state index in [-0.39, 0.29) is 23.3 Å². The van der Waals surface area contributed by atoms with E-state index >= 15 is 0 Å². The molecule has 2 unspecified atom stereocenters. The SMILES string of the molecule is CCC1(CC)c2cc(O)ccc2CC(OC)C1NC(=O)O. The number of fused-ring (bicyclic) bond motifs is 1. The zero-order valence-corrected chi connectivity index (χ0v) is 12.7. The van der Waals surface area contributed by atoms with Crippen molar-refractivity contribution in [2.75, 3.05) is 7.11 Å². The monoisotopic (exact) mass is 293 g/mol. The summed E-state index contributed by atoms with van der Waals surface area (Å²) < 4.78 is 5.56. The largest absolute Gasteiger partial charge is 0.508 e. The number of aromatic hydroxyl groups is 1. The third kappa shape index (κ3) is 2.58. The van der Waals surface area contributed by atoms with Gasteiger partial charge in [-0.3, -0.25) is 0 Å². The van der Waals surface area contributed by atoms with Crippen LogP contribution in [-0.2, 0) is 16.6 Å². The molecule has 1 aromatic carbocycles. The van der Waals surface area contributed by atoms with Gasteiger partial charge in [0.25, 0.3) is 0 Å². The van der Waals surface area contributed by atoms with Crippen LogP contribution in [0.2, 0.25) is 0 Å². The summed E-state index contributed by atoms with van der Waals surface area (Å²) in [6.45, 7) is 4.10. The van der Waals surface area contributed by atoms with Crippen LogP contribution in [0.1, 0.15) is 37.8 Å². The van der Waals surface area contributed by atoms with E-state index in [0.29, 0.717) is 6.42 Å². The number of hydrogen-bond donors (Lipinski definition) is 3. The molecule has 1 amide bonds. The fraction of sp³-hybridized carbons (Fsp3) is 0.562. The summed E-state index contributed by atoms with van der Waals surface area (Å²) in [5.74, 6) is 0.213. The molecule has 0 saturated heterocycles. The molecule has 1 aliphatic carbocycles. The van der Waals surface area contributed by atoms with Gasteiger partial charge in [-0.15, -0.1) is 0 Å². The Balaban J connectivity index is 2.60. The molecule has 116 valence electrons. The molecule has 5 nitrogen and oxygen atoms in total. The average molecular weight is 293 g/mol. The molecule has 0 bridgehead atoms. The fourth-order valence-electron chi connectivity index (χ4n) is 3.72. The van der Waals surface area contributed by atoms with Crippen molar-refractivity contribution in [3.05, 3.63) is 29.3 Å². The highest BCUT2D eigenvalue weighted by Crippen LogP contribution is 2.44. The van der Waals surface area contributed by atoms with Gasteiger partial charge in [0.1, 0.15) is 5.75 Å². The lowest BCUT2D eigenvalue weighted by atomic mass is 9.62. The number of methoxy groups -OCH3 is 1. The fourth-order valence-corrected chi connectivity index (χ4v) is 3.72. The normalized spacial score (nSPS) is 23.4. The number of benzene rings is 1. The van der Waals surface area contributed by atoms with Crippen molar-refractivity contribution in [1.82, 2.24) is 5.32 Å². The van der Waals surface area contributed by atoms with Gasteiger partial charge in [0.15, 0.2) is 0 Å². The summed E-state index contributed by atoms with van der Waals surface area (Å²) in [5, 5.41) is 21.7. The number of nitrogens with one attached hydrogen (secondary N) is 1. The highest BCUT2D eigenvalue weighted by Gasteiger charge is 2.47. The smallest absolute Gasteiger partial charge is 0.404 e. The summed E-state index contributed by atoms with van der Waals surface area (Å²) in [6.07, 6.45) is 0.920. The van der Waals surface area contributed by atoms with E-state index < -0.39 is 6.09 Å². The number of rotatable bonds is 4. The van der Waals surface area contributed by atoms with E-state index in [2.05, 4.69) is 5.32 Å². The molecule has 21 heavy (non-hydrogen) atoms. The van der Waals surface area contributed by atoms with Crippen LogP contribution in [0.4, 0.5) is 4.79 Å². The van der Waals surface area contributed by atoms with Gasteiger partial charge in [-0.05, 0) is 36.1 Å². The molecule has 1 aliphatic rings. The highest BCUT2D eigenvalue weighted by molar-refractivity contribution is 5.66. The predicted molar refractivity (Wildman–Crippen MR) is 79.8 cm³/mol. The first-order valence-electron chi connectivity index (χ1n) is 7.33. The van der Waals surface area contributed by atoms with Crippen LogP contribution in [0.5, 0.6) is 5.75 Å². The van der Waals surface area contributed by atoms with Gasteiger partial charge < -0.3 is 20.3 Å². The van der Waals surface area contributed by atoms with E-state index in [9.17, 15) is 15.0 Å². The second-order valence-corrected chi connectivity index (χ2v) is 5.61. The lowest BCUT2D eigenvalue weighted by molar-refractivity contribution is 0.0253. The number of carboxylic acid groups (broad SMARTS) is 1. The highest BCUT2D eigenvalue weighted by atomic mass is 16.5. The third-order valence-corrected chi connectivity index (χ3v) is 4.86. The van der Waals surface area contributed by atoms with Gasteiger partial charge in [-0.25, -0.2) is 4.79 Å². The van der Waals surface area contributed by atoms with Crippen LogP contribution in [0.15, 0.2) is 18.2 Å². The molecular weight excluding hydrogens is 270 g/mol. The summed E-state index contributed by atoms with van der Waals surface area (Å²) in [4.78, 5) is 11.2. The Morgan fingerprint density at radius 3 is 2.62 bits per heavy atom. The molecule has 0 fully saturated rings. The van der Waals surface area contributed by atoms with Crippen molar-refractivity contribution in [3.8, 4) is 5.75 Å². The lowest BCUT2D eigenvalue weighted by Crippen LogP contribution is -2.60. The Labute approximate surface area is 124 Å². The van der Waals surface area contributed by atoms with Crippen LogP contribution in [0, 0.1) is 0 Å². The molecule has 2 rings (SSSR count). The number of amides is 1. The molecule has 0 aliphatic heterocycles. The van der Waals surface area contributed by atoms with E-state index in [0.717, 1.165) is 24.0 Å². The van der Waals surface area contributed by atoms with Crippen LogP contribution in [0.3, 0.4) is 0 Å². The summed E-state index contributed by atoms with van der Waals surface area (Å²) in [7, 11) is 1.61. The standard InChI is InChI=1S/C16H23NO4/c1-4-16(5-2)12-9-11(18)7-6-10(12)8-13(21-3)14(16)17-15(19)20/h6-7,9,13-14,17-18H,4-5,8H2,1-3H3,(H,19,20). The van der Waals surface area contributed by atoms with Crippen LogP contribution >= 0.6 is 0 Å². The number of carbonyl (C=O) groups is 1. The minimum atomic E-state index is -1.04. The molecule has 0 saturated carbocycles. The molecule has 5 heteroatoms. The van der Waals surface area contributed by atoms with E-state index in [1.54, 1.807) is 19.2 Å². The molecule has 2 atom stereocenters. The van der Waals surface area contributed by atoms with Gasteiger partial charge in [0.2, 0.25) is 0 Å². The van der Waals surface area contributed by atoms with Gasteiger partial charge in [-0.1, -0.05) is 19.9 Å². The maximum atomic E-state index is 11.2. The van der Waals surface area contributed by atoms with Crippen molar-refractivity contribution in [3.63, 3.8) is 0 Å². The van der Waals surface area contributed by atoms with Gasteiger partial charge in [0, 0.05) is 18.9 Å². The number of hydrogen-bond acceptors (Lipinski definition) is 3. The zero-order chi connectivity index (χ0) is 15.6.